The van der Waals surface area contributed by atoms with Gasteiger partial charge in [-0.15, -0.1) is 0 Å². The Morgan fingerprint density at radius 1 is 1.29 bits per heavy atom. The highest BCUT2D eigenvalue weighted by Gasteiger charge is 2.38. The molecule has 126 valence electrons. The minimum Gasteiger partial charge on any atom is -0.550 e. The zero-order chi connectivity index (χ0) is 18.0. The summed E-state index contributed by atoms with van der Waals surface area (Å²) in [6.07, 6.45) is 0.435. The van der Waals surface area contributed by atoms with Crippen molar-refractivity contribution >= 4 is 75.4 Å². The molecule has 24 heavy (non-hydrogen) atoms. The summed E-state index contributed by atoms with van der Waals surface area (Å²) in [6.45, 7) is 0. The van der Waals surface area contributed by atoms with Crippen LogP contribution < -0.4 is 10.2 Å². The van der Waals surface area contributed by atoms with Crippen LogP contribution in [-0.2, 0) is 14.4 Å². The smallest absolute Gasteiger partial charge is 0.266 e. The maximum atomic E-state index is 12.4. The predicted octanol–water partition coefficient (Wildman–Crippen LogP) is 0.453. The van der Waals surface area contributed by atoms with E-state index in [2.05, 4.69) is 0 Å². The van der Waals surface area contributed by atoms with Crippen LogP contribution in [0.4, 0.5) is 0 Å². The molecule has 10 heteroatoms. The summed E-state index contributed by atoms with van der Waals surface area (Å²) in [4.78, 5) is 35.0. The van der Waals surface area contributed by atoms with Crippen molar-refractivity contribution in [3.8, 4) is 0 Å². The van der Waals surface area contributed by atoms with E-state index in [1.54, 1.807) is 18.2 Å². The van der Waals surface area contributed by atoms with E-state index in [1.807, 2.05) is 0 Å². The summed E-state index contributed by atoms with van der Waals surface area (Å²) < 4.78 is -0.107. The van der Waals surface area contributed by atoms with Crippen molar-refractivity contribution in [2.75, 3.05) is 0 Å². The molecule has 0 radical (unpaired) electrons. The van der Waals surface area contributed by atoms with Gasteiger partial charge in [0, 0.05) is 28.0 Å². The molecule has 6 nitrogen and oxygen atoms in total. The van der Waals surface area contributed by atoms with Gasteiger partial charge >= 0.3 is 0 Å². The maximum absolute atomic E-state index is 12.4. The summed E-state index contributed by atoms with van der Waals surface area (Å²) in [7, 11) is 0. The van der Waals surface area contributed by atoms with Crippen LogP contribution in [-0.4, -0.2) is 33.1 Å². The molecule has 0 aromatic heterocycles. The van der Waals surface area contributed by atoms with Crippen molar-refractivity contribution in [1.82, 2.24) is 4.90 Å². The Kier molecular flexibility index (Phi) is 5.87. The standard InChI is InChI=1S/C14H9Cl2NO5S2/c15-7-2-1-3-8(16)6(7)4-10-12(20)17(14(23)24-10)9(13(21)22)5-11(18)19/h1-4,9H,5H2,(H,18,19)(H,21,22)/p-2/b10-4-/t9-/m1/s1. The van der Waals surface area contributed by atoms with Gasteiger partial charge in [-0.1, -0.05) is 53.2 Å². The van der Waals surface area contributed by atoms with Gasteiger partial charge in [0.2, 0.25) is 0 Å². The topological polar surface area (TPSA) is 101 Å². The third-order valence-corrected chi connectivity index (χ3v) is 5.03. The van der Waals surface area contributed by atoms with Crippen LogP contribution in [0.1, 0.15) is 12.0 Å². The van der Waals surface area contributed by atoms with Gasteiger partial charge in [-0.05, 0) is 18.2 Å². The van der Waals surface area contributed by atoms with Crippen LogP contribution >= 0.6 is 47.2 Å². The third kappa shape index (κ3) is 3.89. The number of amides is 1. The van der Waals surface area contributed by atoms with Gasteiger partial charge in [-0.3, -0.25) is 9.69 Å². The highest BCUT2D eigenvalue weighted by Crippen LogP contribution is 2.37. The van der Waals surface area contributed by atoms with Gasteiger partial charge in [0.25, 0.3) is 5.91 Å². The lowest BCUT2D eigenvalue weighted by Crippen LogP contribution is -2.52. The Morgan fingerprint density at radius 3 is 2.38 bits per heavy atom. The molecule has 0 spiro atoms. The van der Waals surface area contributed by atoms with E-state index in [4.69, 9.17) is 35.4 Å². The zero-order valence-electron chi connectivity index (χ0n) is 11.7. The van der Waals surface area contributed by atoms with Crippen LogP contribution in [0, 0.1) is 0 Å². The number of carbonyl (C=O) groups excluding carboxylic acids is 3. The number of hydrogen-bond acceptors (Lipinski definition) is 7. The van der Waals surface area contributed by atoms with Crippen molar-refractivity contribution in [2.24, 2.45) is 0 Å². The fourth-order valence-electron chi connectivity index (χ4n) is 1.97. The van der Waals surface area contributed by atoms with Gasteiger partial charge in [0.05, 0.1) is 16.9 Å². The lowest BCUT2D eigenvalue weighted by molar-refractivity contribution is -0.319. The zero-order valence-corrected chi connectivity index (χ0v) is 14.8. The van der Waals surface area contributed by atoms with Gasteiger partial charge in [0.1, 0.15) is 4.32 Å². The molecule has 0 N–H and O–H groups in total. The first-order valence-electron chi connectivity index (χ1n) is 6.34. The second-order valence-electron chi connectivity index (χ2n) is 4.60. The molecule has 1 fully saturated rings. The first-order valence-corrected chi connectivity index (χ1v) is 8.32. The predicted molar refractivity (Wildman–Crippen MR) is 89.9 cm³/mol. The van der Waals surface area contributed by atoms with Crippen molar-refractivity contribution in [1.29, 1.82) is 0 Å². The molecule has 0 saturated carbocycles. The Morgan fingerprint density at radius 2 is 1.88 bits per heavy atom. The van der Waals surface area contributed by atoms with E-state index in [9.17, 15) is 24.6 Å². The molecule has 1 heterocycles. The van der Waals surface area contributed by atoms with Crippen LogP contribution in [0.3, 0.4) is 0 Å². The summed E-state index contributed by atoms with van der Waals surface area (Å²) in [5, 5.41) is 22.4. The average Bonchev–Trinajstić information content (AvgIpc) is 2.75. The maximum Gasteiger partial charge on any atom is 0.266 e. The van der Waals surface area contributed by atoms with E-state index in [0.29, 0.717) is 20.5 Å². The molecule has 1 aliphatic heterocycles. The van der Waals surface area contributed by atoms with Crippen LogP contribution in [0.25, 0.3) is 6.08 Å². The van der Waals surface area contributed by atoms with E-state index < -0.39 is 30.3 Å². The highest BCUT2D eigenvalue weighted by molar-refractivity contribution is 8.26. The van der Waals surface area contributed by atoms with E-state index in [0.717, 1.165) is 11.8 Å². The van der Waals surface area contributed by atoms with E-state index in [1.165, 1.54) is 6.08 Å². The number of carboxylic acids is 2. The molecular formula is C14H7Cl2NO5S2-2. The van der Waals surface area contributed by atoms with Crippen LogP contribution in [0.5, 0.6) is 0 Å². The molecule has 1 amide bonds. The van der Waals surface area contributed by atoms with Gasteiger partial charge in [-0.2, -0.15) is 0 Å². The van der Waals surface area contributed by atoms with E-state index in [-0.39, 0.29) is 9.23 Å². The lowest BCUT2D eigenvalue weighted by Gasteiger charge is -2.27. The summed E-state index contributed by atoms with van der Waals surface area (Å²) in [5.74, 6) is -4.15. The summed E-state index contributed by atoms with van der Waals surface area (Å²) in [6, 6.07) is 3.01. The SMILES string of the molecule is O=C([O-])C[C@H](C(=O)[O-])N1C(=O)/C(=C/c2c(Cl)cccc2Cl)SC1=S. The summed E-state index contributed by atoms with van der Waals surface area (Å²) >= 11 is 17.8. The van der Waals surface area contributed by atoms with Gasteiger partial charge in [-0.25, -0.2) is 0 Å². The molecule has 1 saturated heterocycles. The molecule has 1 atom stereocenters. The van der Waals surface area contributed by atoms with Gasteiger partial charge < -0.3 is 19.8 Å². The number of halogens is 2. The second kappa shape index (κ2) is 7.52. The number of benzene rings is 1. The quantitative estimate of drug-likeness (QED) is 0.519. The molecular weight excluding hydrogens is 397 g/mol. The normalized spacial score (nSPS) is 17.4. The Bertz CT molecular complexity index is 760. The fraction of sp³-hybridized carbons (Fsp3) is 0.143. The largest absolute Gasteiger partial charge is 0.550 e. The number of aliphatic carboxylic acids is 2. The van der Waals surface area contributed by atoms with Crippen molar-refractivity contribution in [3.05, 3.63) is 38.7 Å². The molecule has 2 rings (SSSR count). The number of carboxylic acid groups (broad SMARTS) is 2. The van der Waals surface area contributed by atoms with Crippen molar-refractivity contribution in [2.45, 2.75) is 12.5 Å². The molecule has 1 aliphatic rings. The number of carbonyl (C=O) groups is 3. The number of hydrogen-bond donors (Lipinski definition) is 0. The monoisotopic (exact) mass is 403 g/mol. The molecule has 0 unspecified atom stereocenters. The number of nitrogens with zero attached hydrogens (tertiary/aromatic N) is 1. The average molecular weight is 404 g/mol. The van der Waals surface area contributed by atoms with Crippen LogP contribution in [0.2, 0.25) is 10.0 Å². The van der Waals surface area contributed by atoms with Gasteiger partial charge in [0.15, 0.2) is 0 Å². The first-order chi connectivity index (χ1) is 11.2. The minimum absolute atomic E-state index is 0.0691. The van der Waals surface area contributed by atoms with E-state index >= 15 is 0 Å². The minimum atomic E-state index is -1.75. The Labute approximate surface area is 156 Å². The third-order valence-electron chi connectivity index (χ3n) is 3.04. The lowest BCUT2D eigenvalue weighted by atomic mass is 10.1. The number of thiocarbonyl (C=S) groups is 1. The number of thioether (sulfide) groups is 1. The second-order valence-corrected chi connectivity index (χ2v) is 7.09. The Balaban J connectivity index is 2.39. The Hall–Kier alpha value is -1.61. The molecule has 1 aromatic carbocycles. The fourth-order valence-corrected chi connectivity index (χ4v) is 3.81. The molecule has 1 aromatic rings. The molecule has 0 aliphatic carbocycles. The number of rotatable bonds is 5. The van der Waals surface area contributed by atoms with Crippen molar-refractivity contribution in [3.63, 3.8) is 0 Å². The molecule has 0 bridgehead atoms. The van der Waals surface area contributed by atoms with Crippen LogP contribution in [0.15, 0.2) is 23.1 Å². The summed E-state index contributed by atoms with van der Waals surface area (Å²) in [5.41, 5.74) is 0.367. The first kappa shape index (κ1) is 18.7. The van der Waals surface area contributed by atoms with Crippen molar-refractivity contribution < 1.29 is 24.6 Å². The highest BCUT2D eigenvalue weighted by atomic mass is 35.5.